The lowest BCUT2D eigenvalue weighted by atomic mass is 9.99. The zero-order valence-corrected chi connectivity index (χ0v) is 14.3. The summed E-state index contributed by atoms with van der Waals surface area (Å²) in [5.74, 6) is 1.26. The molecule has 0 radical (unpaired) electrons. The van der Waals surface area contributed by atoms with Crippen LogP contribution in [0, 0.1) is 0 Å². The Morgan fingerprint density at radius 1 is 0.960 bits per heavy atom. The molecule has 132 valence electrons. The first kappa shape index (κ1) is 18.4. The van der Waals surface area contributed by atoms with Crippen molar-refractivity contribution in [3.63, 3.8) is 0 Å². The molecule has 6 nitrogen and oxygen atoms in total. The predicted octanol–water partition coefficient (Wildman–Crippen LogP) is 3.15. The molecule has 0 aliphatic rings. The molecule has 25 heavy (non-hydrogen) atoms. The van der Waals surface area contributed by atoms with Crippen LogP contribution in [0.5, 0.6) is 23.0 Å². The summed E-state index contributed by atoms with van der Waals surface area (Å²) >= 11 is 0. The van der Waals surface area contributed by atoms with E-state index >= 15 is 0 Å². The Bertz CT molecular complexity index is 769. The molecule has 6 heteroatoms. The maximum absolute atomic E-state index is 12.6. The highest BCUT2D eigenvalue weighted by Gasteiger charge is 2.22. The van der Waals surface area contributed by atoms with Crippen LogP contribution in [0.1, 0.15) is 22.0 Å². The van der Waals surface area contributed by atoms with Gasteiger partial charge in [-0.3, -0.25) is 4.79 Å². The van der Waals surface area contributed by atoms with Crippen LogP contribution < -0.4 is 18.9 Å². The number of carbonyl (C=O) groups excluding carboxylic acids is 1. The number of rotatable bonds is 8. The Kier molecular flexibility index (Phi) is 6.03. The maximum Gasteiger partial charge on any atom is 0.195 e. The third kappa shape index (κ3) is 3.92. The molecule has 0 spiro atoms. The lowest BCUT2D eigenvalue weighted by Crippen LogP contribution is -2.13. The molecular weight excluding hydrogens is 324 g/mol. The quantitative estimate of drug-likeness (QED) is 0.586. The van der Waals surface area contributed by atoms with E-state index in [-0.39, 0.29) is 5.56 Å². The Balaban J connectivity index is 2.32. The van der Waals surface area contributed by atoms with Crippen LogP contribution in [0.15, 0.2) is 49.2 Å². The fourth-order valence-electron chi connectivity index (χ4n) is 2.34. The molecule has 2 aromatic rings. The van der Waals surface area contributed by atoms with Crippen LogP contribution >= 0.6 is 0 Å². The van der Waals surface area contributed by atoms with Crippen molar-refractivity contribution in [2.24, 2.45) is 0 Å². The van der Waals surface area contributed by atoms with Gasteiger partial charge in [0.25, 0.3) is 0 Å². The summed E-state index contributed by atoms with van der Waals surface area (Å²) in [6, 6.07) is 9.43. The largest absolute Gasteiger partial charge is 0.493 e. The second kappa shape index (κ2) is 8.21. The number of aliphatic hydroxyl groups is 1. The summed E-state index contributed by atoms with van der Waals surface area (Å²) in [5.41, 5.74) is 0.684. The van der Waals surface area contributed by atoms with E-state index in [0.29, 0.717) is 28.6 Å². The van der Waals surface area contributed by atoms with Crippen LogP contribution in [0.3, 0.4) is 0 Å². The lowest BCUT2D eigenvalue weighted by Gasteiger charge is -2.14. The van der Waals surface area contributed by atoms with Crippen molar-refractivity contribution in [3.05, 3.63) is 60.4 Å². The van der Waals surface area contributed by atoms with Crippen LogP contribution in [0.2, 0.25) is 0 Å². The van der Waals surface area contributed by atoms with Gasteiger partial charge < -0.3 is 24.1 Å². The Labute approximate surface area is 146 Å². The van der Waals surface area contributed by atoms with E-state index in [2.05, 4.69) is 6.58 Å². The van der Waals surface area contributed by atoms with Gasteiger partial charge in [0.1, 0.15) is 6.10 Å². The lowest BCUT2D eigenvalue weighted by molar-refractivity contribution is 0.0746. The van der Waals surface area contributed by atoms with Gasteiger partial charge in [0.2, 0.25) is 0 Å². The molecular formula is C19H20O6. The number of ether oxygens (including phenoxy) is 4. The minimum Gasteiger partial charge on any atom is -0.493 e. The molecule has 0 fully saturated rings. The molecule has 1 N–H and O–H groups in total. The van der Waals surface area contributed by atoms with Gasteiger partial charge in [-0.05, 0) is 35.9 Å². The van der Waals surface area contributed by atoms with Gasteiger partial charge in [0, 0.05) is 5.56 Å². The number of hydrogen-bond acceptors (Lipinski definition) is 6. The molecule has 0 heterocycles. The van der Waals surface area contributed by atoms with Crippen LogP contribution in [-0.4, -0.2) is 32.2 Å². The minimum absolute atomic E-state index is 0.288. The number of methoxy groups -OCH3 is 3. The summed E-state index contributed by atoms with van der Waals surface area (Å²) in [7, 11) is 4.46. The highest BCUT2D eigenvalue weighted by molar-refractivity contribution is 6.00. The first-order valence-corrected chi connectivity index (χ1v) is 7.45. The minimum atomic E-state index is -1.35. The van der Waals surface area contributed by atoms with E-state index in [9.17, 15) is 9.90 Å². The van der Waals surface area contributed by atoms with Crippen molar-refractivity contribution in [1.82, 2.24) is 0 Å². The molecule has 0 saturated carbocycles. The van der Waals surface area contributed by atoms with Crippen LogP contribution in [0.25, 0.3) is 0 Å². The zero-order chi connectivity index (χ0) is 18.4. The highest BCUT2D eigenvalue weighted by atomic mass is 16.5. The number of hydrogen-bond donors (Lipinski definition) is 1. The van der Waals surface area contributed by atoms with E-state index in [1.165, 1.54) is 33.7 Å². The number of benzene rings is 2. The monoisotopic (exact) mass is 344 g/mol. The number of aliphatic hydroxyl groups excluding tert-OH is 1. The van der Waals surface area contributed by atoms with Crippen molar-refractivity contribution in [3.8, 4) is 23.0 Å². The molecule has 2 aromatic carbocycles. The third-order valence-electron chi connectivity index (χ3n) is 3.63. The summed E-state index contributed by atoms with van der Waals surface area (Å²) < 4.78 is 20.7. The highest BCUT2D eigenvalue weighted by Crippen LogP contribution is 2.33. The summed E-state index contributed by atoms with van der Waals surface area (Å²) in [6.45, 7) is 3.48. The predicted molar refractivity (Wildman–Crippen MR) is 92.7 cm³/mol. The van der Waals surface area contributed by atoms with Crippen molar-refractivity contribution < 1.29 is 28.8 Å². The molecule has 1 atom stereocenters. The molecule has 1 unspecified atom stereocenters. The normalized spacial score (nSPS) is 11.4. The smallest absolute Gasteiger partial charge is 0.195 e. The topological polar surface area (TPSA) is 74.2 Å². The summed E-state index contributed by atoms with van der Waals surface area (Å²) in [5, 5.41) is 10.4. The Morgan fingerprint density at radius 3 is 2.16 bits per heavy atom. The van der Waals surface area contributed by atoms with E-state index in [4.69, 9.17) is 18.9 Å². The van der Waals surface area contributed by atoms with Crippen molar-refractivity contribution in [2.45, 2.75) is 6.10 Å². The van der Waals surface area contributed by atoms with E-state index in [1.54, 1.807) is 30.3 Å². The van der Waals surface area contributed by atoms with Crippen molar-refractivity contribution in [2.75, 3.05) is 21.3 Å². The van der Waals surface area contributed by atoms with Gasteiger partial charge in [0.15, 0.2) is 28.8 Å². The van der Waals surface area contributed by atoms with Gasteiger partial charge in [-0.25, -0.2) is 0 Å². The molecule has 0 bridgehead atoms. The standard InChI is InChI=1S/C19H20O6/c1-5-25-15-9-7-13(11-17(15)24-4)19(21)18(20)12-6-8-14(22-2)16(10-12)23-3/h5-11,18,20H,1H2,2-4H3. The fraction of sp³-hybridized carbons (Fsp3) is 0.211. The summed E-state index contributed by atoms with van der Waals surface area (Å²) in [4.78, 5) is 12.6. The van der Waals surface area contributed by atoms with Crippen LogP contribution in [-0.2, 0) is 0 Å². The third-order valence-corrected chi connectivity index (χ3v) is 3.63. The Morgan fingerprint density at radius 2 is 1.56 bits per heavy atom. The number of ketones is 1. The second-order valence-corrected chi connectivity index (χ2v) is 5.03. The molecule has 0 saturated heterocycles. The second-order valence-electron chi connectivity index (χ2n) is 5.03. The number of carbonyl (C=O) groups is 1. The van der Waals surface area contributed by atoms with Crippen LogP contribution in [0.4, 0.5) is 0 Å². The van der Waals surface area contributed by atoms with Gasteiger partial charge in [-0.2, -0.15) is 0 Å². The van der Waals surface area contributed by atoms with Gasteiger partial charge in [0.05, 0.1) is 27.6 Å². The fourth-order valence-corrected chi connectivity index (χ4v) is 2.34. The first-order chi connectivity index (χ1) is 12.0. The number of Topliss-reactive ketones (excluding diaryl/α,β-unsaturated/α-hetero) is 1. The average molecular weight is 344 g/mol. The molecule has 0 aliphatic heterocycles. The molecule has 0 aromatic heterocycles. The van der Waals surface area contributed by atoms with Crippen molar-refractivity contribution in [1.29, 1.82) is 0 Å². The molecule has 0 aliphatic carbocycles. The van der Waals surface area contributed by atoms with Gasteiger partial charge >= 0.3 is 0 Å². The maximum atomic E-state index is 12.6. The van der Waals surface area contributed by atoms with Gasteiger partial charge in [-0.1, -0.05) is 12.6 Å². The van der Waals surface area contributed by atoms with E-state index < -0.39 is 11.9 Å². The van der Waals surface area contributed by atoms with E-state index in [0.717, 1.165) is 0 Å². The van der Waals surface area contributed by atoms with E-state index in [1.807, 2.05) is 0 Å². The summed E-state index contributed by atoms with van der Waals surface area (Å²) in [6.07, 6.45) is -0.0895. The zero-order valence-electron chi connectivity index (χ0n) is 14.3. The van der Waals surface area contributed by atoms with Crippen molar-refractivity contribution >= 4 is 5.78 Å². The molecule has 2 rings (SSSR count). The van der Waals surface area contributed by atoms with Gasteiger partial charge in [-0.15, -0.1) is 0 Å². The SMILES string of the molecule is C=COc1ccc(C(=O)C(O)c2ccc(OC)c(OC)c2)cc1OC. The average Bonchev–Trinajstić information content (AvgIpc) is 2.66. The first-order valence-electron chi connectivity index (χ1n) is 7.45. The molecule has 0 amide bonds. The Hall–Kier alpha value is -2.99.